The summed E-state index contributed by atoms with van der Waals surface area (Å²) in [5.41, 5.74) is -1.39. The fourth-order valence-corrected chi connectivity index (χ4v) is 11.8. The molecule has 6 heterocycles. The fraction of sp³-hybridized carbons (Fsp3) is 0.913. The topological polar surface area (TPSA) is 156 Å². The molecule has 6 aliphatic rings. The lowest BCUT2D eigenvalue weighted by atomic mass is 9.69. The molecule has 6 rings (SSSR count). The predicted molar refractivity (Wildman–Crippen MR) is 221 cm³/mol. The molecule has 0 saturated carbocycles. The van der Waals surface area contributed by atoms with E-state index in [1.807, 2.05) is 26.0 Å². The van der Waals surface area contributed by atoms with Gasteiger partial charge in [-0.05, 0) is 115 Å². The summed E-state index contributed by atoms with van der Waals surface area (Å²) in [6.07, 6.45) is 1.84. The molecule has 0 radical (unpaired) electrons. The maximum atomic E-state index is 13.8. The van der Waals surface area contributed by atoms with Crippen molar-refractivity contribution in [2.75, 3.05) is 13.1 Å². The smallest absolute Gasteiger partial charge is 0.391 e. The van der Waals surface area contributed by atoms with Crippen LogP contribution >= 0.6 is 0 Å². The molecular weight excluding hydrogens is 798 g/mol. The minimum absolute atomic E-state index is 0.0207. The first-order chi connectivity index (χ1) is 28.5. The monoisotopic (exact) mass is 873 g/mol. The van der Waals surface area contributed by atoms with Crippen molar-refractivity contribution < 1.29 is 61.8 Å². The predicted octanol–water partition coefficient (Wildman–Crippen LogP) is 7.97. The van der Waals surface area contributed by atoms with Gasteiger partial charge in [-0.15, -0.1) is 0 Å². The number of ether oxygens (including phenoxy) is 5. The van der Waals surface area contributed by atoms with Crippen LogP contribution in [0.5, 0.6) is 0 Å². The van der Waals surface area contributed by atoms with E-state index in [4.69, 9.17) is 23.7 Å². The highest BCUT2D eigenvalue weighted by molar-refractivity contribution is 5.75. The number of carboxylic acid groups (broad SMARTS) is 1. The lowest BCUT2D eigenvalue weighted by molar-refractivity contribution is -0.399. The summed E-state index contributed by atoms with van der Waals surface area (Å²) in [5.74, 6) is -5.24. The van der Waals surface area contributed by atoms with Gasteiger partial charge in [-0.2, -0.15) is 13.2 Å². The molecule has 2 unspecified atom stereocenters. The van der Waals surface area contributed by atoms with Gasteiger partial charge in [0.25, 0.3) is 0 Å². The Labute approximate surface area is 361 Å². The third kappa shape index (κ3) is 9.98. The Morgan fingerprint density at radius 1 is 0.951 bits per heavy atom. The number of likely N-dealkylation sites (tertiary alicyclic amines) is 1. The largest absolute Gasteiger partial charge is 0.481 e. The second kappa shape index (κ2) is 18.5. The van der Waals surface area contributed by atoms with Gasteiger partial charge in [0.15, 0.2) is 11.6 Å². The van der Waals surface area contributed by atoms with E-state index < -0.39 is 77.3 Å². The summed E-state index contributed by atoms with van der Waals surface area (Å²) in [7, 11) is 0. The third-order valence-electron chi connectivity index (χ3n) is 16.2. The summed E-state index contributed by atoms with van der Waals surface area (Å²) in [6, 6.07) is -1.29. The first kappa shape index (κ1) is 48.4. The van der Waals surface area contributed by atoms with Crippen molar-refractivity contribution >= 4 is 12.0 Å². The number of hydrogen-bond donors (Lipinski definition) is 4. The standard InChI is InChI=1S/C46H75F3N2O10/c1-10-34(39(55)26(2)23-29(5)43(9)28(4)11-12-33(58-43)25-38(53)54)40-27(3)24-30(6)44(59-40)18-15-36(50-41(56)51-21-16-32(17-22-51)46(47,48)49)45(61-44)20-19-42(8,60-45)37-14-13-35(52)31(7)57-37/h15,18,26-37,39-40,52,55H,10-14,16-17,19-25H2,1-9H3,(H,50,56)(H,53,54)/t26-,27-,28-,29-,30+,31-,33+,34?,35+,36+,37+,39?,40-,42-,43+,44-,45-/m0/s1. The van der Waals surface area contributed by atoms with E-state index in [0.29, 0.717) is 44.9 Å². The number of amides is 2. The number of nitrogens with one attached hydrogen (secondary N) is 1. The van der Waals surface area contributed by atoms with Crippen molar-refractivity contribution in [3.05, 3.63) is 12.2 Å². The molecule has 17 atom stereocenters. The molecule has 2 amide bonds. The van der Waals surface area contributed by atoms with Gasteiger partial charge in [-0.25, -0.2) is 4.79 Å². The molecule has 61 heavy (non-hydrogen) atoms. The van der Waals surface area contributed by atoms with Crippen LogP contribution in [0.3, 0.4) is 0 Å². The Morgan fingerprint density at radius 2 is 1.64 bits per heavy atom. The number of nitrogens with zero attached hydrogens (tertiary/aromatic N) is 1. The van der Waals surface area contributed by atoms with Gasteiger partial charge in [-0.1, -0.05) is 47.6 Å². The Balaban J connectivity index is 1.23. The molecule has 6 aliphatic heterocycles. The second-order valence-electron chi connectivity index (χ2n) is 20.5. The van der Waals surface area contributed by atoms with Crippen molar-refractivity contribution in [1.82, 2.24) is 10.2 Å². The van der Waals surface area contributed by atoms with Crippen LogP contribution in [0.15, 0.2) is 12.2 Å². The Hall–Kier alpha value is -2.01. The maximum Gasteiger partial charge on any atom is 0.391 e. The number of carboxylic acids is 1. The summed E-state index contributed by atoms with van der Waals surface area (Å²) in [5, 5.41) is 35.2. The average molecular weight is 873 g/mol. The van der Waals surface area contributed by atoms with Gasteiger partial charge in [0.05, 0.1) is 60.2 Å². The van der Waals surface area contributed by atoms with Crippen LogP contribution in [-0.4, -0.2) is 117 Å². The van der Waals surface area contributed by atoms with E-state index in [0.717, 1.165) is 12.8 Å². The number of carbonyl (C=O) groups is 2. The van der Waals surface area contributed by atoms with Gasteiger partial charge in [0.2, 0.25) is 0 Å². The van der Waals surface area contributed by atoms with E-state index >= 15 is 0 Å². The van der Waals surface area contributed by atoms with E-state index in [9.17, 15) is 38.1 Å². The second-order valence-corrected chi connectivity index (χ2v) is 20.5. The van der Waals surface area contributed by atoms with Gasteiger partial charge in [-0.3, -0.25) is 4.79 Å². The van der Waals surface area contributed by atoms with E-state index in [2.05, 4.69) is 53.8 Å². The molecule has 350 valence electrons. The van der Waals surface area contributed by atoms with E-state index in [-0.39, 0.29) is 80.1 Å². The molecule has 15 heteroatoms. The molecule has 5 saturated heterocycles. The van der Waals surface area contributed by atoms with Gasteiger partial charge < -0.3 is 49.2 Å². The van der Waals surface area contributed by atoms with Gasteiger partial charge in [0.1, 0.15) is 6.04 Å². The number of rotatable bonds is 11. The number of urea groups is 1. The van der Waals surface area contributed by atoms with Gasteiger partial charge >= 0.3 is 18.2 Å². The number of aliphatic hydroxyl groups is 2. The van der Waals surface area contributed by atoms with Crippen molar-refractivity contribution in [2.45, 2.75) is 211 Å². The van der Waals surface area contributed by atoms with Crippen LogP contribution in [0.1, 0.15) is 139 Å². The highest BCUT2D eigenvalue weighted by Gasteiger charge is 2.63. The molecule has 0 aromatic heterocycles. The number of aliphatic carboxylic acids is 1. The lowest BCUT2D eigenvalue weighted by Gasteiger charge is -2.55. The van der Waals surface area contributed by atoms with Crippen LogP contribution in [0.4, 0.5) is 18.0 Å². The van der Waals surface area contributed by atoms with Crippen LogP contribution < -0.4 is 5.32 Å². The minimum atomic E-state index is -4.30. The summed E-state index contributed by atoms with van der Waals surface area (Å²) in [6.45, 7) is 18.5. The first-order valence-electron chi connectivity index (χ1n) is 23.3. The van der Waals surface area contributed by atoms with Crippen molar-refractivity contribution in [3.8, 4) is 0 Å². The van der Waals surface area contributed by atoms with Crippen LogP contribution in [0, 0.1) is 41.4 Å². The highest BCUT2D eigenvalue weighted by Crippen LogP contribution is 2.54. The minimum Gasteiger partial charge on any atom is -0.481 e. The Bertz CT molecular complexity index is 1560. The van der Waals surface area contributed by atoms with Crippen LogP contribution in [-0.2, 0) is 28.5 Å². The lowest BCUT2D eigenvalue weighted by Crippen LogP contribution is -2.66. The number of aliphatic hydroxyl groups excluding tert-OH is 2. The first-order valence-corrected chi connectivity index (χ1v) is 23.3. The normalized spacial score (nSPS) is 43.2. The number of hydrogen-bond acceptors (Lipinski definition) is 9. The molecular formula is C46H75F3N2O10. The van der Waals surface area contributed by atoms with Crippen LogP contribution in [0.25, 0.3) is 0 Å². The number of halogens is 3. The quantitative estimate of drug-likeness (QED) is 0.150. The molecule has 5 fully saturated rings. The molecule has 12 nitrogen and oxygen atoms in total. The Kier molecular flexibility index (Phi) is 14.7. The van der Waals surface area contributed by atoms with Crippen molar-refractivity contribution in [2.24, 2.45) is 41.4 Å². The van der Waals surface area contributed by atoms with Crippen molar-refractivity contribution in [3.63, 3.8) is 0 Å². The molecule has 0 bridgehead atoms. The average Bonchev–Trinajstić information content (AvgIpc) is 3.53. The van der Waals surface area contributed by atoms with Crippen molar-refractivity contribution in [1.29, 1.82) is 0 Å². The van der Waals surface area contributed by atoms with E-state index in [1.165, 1.54) is 4.90 Å². The summed E-state index contributed by atoms with van der Waals surface area (Å²) in [4.78, 5) is 26.8. The summed E-state index contributed by atoms with van der Waals surface area (Å²) >= 11 is 0. The zero-order chi connectivity index (χ0) is 44.9. The number of alkyl halides is 3. The molecule has 0 aromatic carbocycles. The van der Waals surface area contributed by atoms with Crippen LogP contribution in [0.2, 0.25) is 0 Å². The zero-order valence-electron chi connectivity index (χ0n) is 37.9. The number of piperidine rings is 1. The number of carbonyl (C=O) groups excluding carboxylic acids is 1. The van der Waals surface area contributed by atoms with Gasteiger partial charge in [0, 0.05) is 31.3 Å². The zero-order valence-corrected chi connectivity index (χ0v) is 37.9. The van der Waals surface area contributed by atoms with E-state index in [1.54, 1.807) is 0 Å². The molecule has 4 N–H and O–H groups in total. The molecule has 0 aliphatic carbocycles. The Morgan fingerprint density at radius 3 is 2.26 bits per heavy atom. The fourth-order valence-electron chi connectivity index (χ4n) is 11.8. The molecule has 2 spiro atoms. The third-order valence-corrected chi connectivity index (χ3v) is 16.2. The highest BCUT2D eigenvalue weighted by atomic mass is 19.4. The SMILES string of the molecule is CCC(C(O)[C@@H](C)C[C@H](C)[C@]1(C)O[C@@H](CC(=O)O)CC[C@@H]1C)[C@H]1O[C@]2(C=C[C@@H](NC(=O)N3CCC(C(F)(F)F)CC3)[C@]3(CC[C@@](C)([C@H]4CC[C@@H](O)[C@H](C)O4)O3)O2)[C@H](C)C[C@@H]1C. The summed E-state index contributed by atoms with van der Waals surface area (Å²) < 4.78 is 74.8. The molecule has 0 aromatic rings. The maximum absolute atomic E-state index is 13.8.